The number of carbonyl (C=O) groups is 3. The van der Waals surface area contributed by atoms with Crippen LogP contribution in [-0.4, -0.2) is 60.2 Å². The zero-order valence-electron chi connectivity index (χ0n) is 17.6. The van der Waals surface area contributed by atoms with Gasteiger partial charge in [0.05, 0.1) is 6.26 Å². The van der Waals surface area contributed by atoms with Crippen LogP contribution < -0.4 is 5.32 Å². The third kappa shape index (κ3) is 4.88. The van der Waals surface area contributed by atoms with Gasteiger partial charge in [-0.3, -0.25) is 14.4 Å². The summed E-state index contributed by atoms with van der Waals surface area (Å²) in [6.07, 6.45) is 1.45. The SMILES string of the molecule is O=C(NCC(c1ccccc1)c1ccccc1)C(=O)N1CCN(C(=O)c2ccco2)CC1. The highest BCUT2D eigenvalue weighted by molar-refractivity contribution is 6.35. The zero-order chi connectivity index (χ0) is 22.3. The lowest BCUT2D eigenvalue weighted by Gasteiger charge is -2.34. The van der Waals surface area contributed by atoms with E-state index in [1.807, 2.05) is 60.7 Å². The van der Waals surface area contributed by atoms with Crippen molar-refractivity contribution in [2.45, 2.75) is 5.92 Å². The predicted octanol–water partition coefficient (Wildman–Crippen LogP) is 2.51. The molecule has 3 amide bonds. The fourth-order valence-electron chi connectivity index (χ4n) is 3.88. The summed E-state index contributed by atoms with van der Waals surface area (Å²) in [6, 6.07) is 23.1. The minimum absolute atomic E-state index is 0.0584. The summed E-state index contributed by atoms with van der Waals surface area (Å²) in [4.78, 5) is 40.8. The predicted molar refractivity (Wildman–Crippen MR) is 119 cm³/mol. The highest BCUT2D eigenvalue weighted by Gasteiger charge is 2.29. The number of nitrogens with zero attached hydrogens (tertiary/aromatic N) is 2. The second-order valence-electron chi connectivity index (χ2n) is 7.65. The summed E-state index contributed by atoms with van der Waals surface area (Å²) in [7, 11) is 0. The molecule has 1 aliphatic heterocycles. The van der Waals surface area contributed by atoms with E-state index < -0.39 is 11.8 Å². The summed E-state index contributed by atoms with van der Waals surface area (Å²) in [5.74, 6) is -1.20. The maximum atomic E-state index is 12.7. The standard InChI is InChI=1S/C25H25N3O4/c29-23(25(31)28-15-13-27(14-16-28)24(30)22-12-7-17-32-22)26-18-21(19-8-3-1-4-9-19)20-10-5-2-6-11-20/h1-12,17,21H,13-16,18H2,(H,26,29). The molecule has 3 aromatic rings. The van der Waals surface area contributed by atoms with Gasteiger partial charge in [0.25, 0.3) is 5.91 Å². The lowest BCUT2D eigenvalue weighted by molar-refractivity contribution is -0.146. The topological polar surface area (TPSA) is 82.9 Å². The van der Waals surface area contributed by atoms with Crippen molar-refractivity contribution in [1.82, 2.24) is 15.1 Å². The Hall–Kier alpha value is -3.87. The second kappa shape index (κ2) is 9.96. The van der Waals surface area contributed by atoms with E-state index in [9.17, 15) is 14.4 Å². The number of rotatable bonds is 5. The maximum absolute atomic E-state index is 12.7. The van der Waals surface area contributed by atoms with Gasteiger partial charge in [-0.2, -0.15) is 0 Å². The van der Waals surface area contributed by atoms with Crippen LogP contribution in [0.2, 0.25) is 0 Å². The Balaban J connectivity index is 1.34. The molecule has 0 spiro atoms. The van der Waals surface area contributed by atoms with Gasteiger partial charge < -0.3 is 19.5 Å². The molecule has 0 unspecified atom stereocenters. The molecule has 4 rings (SSSR count). The number of benzene rings is 2. The average Bonchev–Trinajstić information content (AvgIpc) is 3.40. The van der Waals surface area contributed by atoms with Crippen molar-refractivity contribution in [3.05, 3.63) is 95.9 Å². The van der Waals surface area contributed by atoms with Crippen LogP contribution in [0.4, 0.5) is 0 Å². The van der Waals surface area contributed by atoms with Gasteiger partial charge in [0.2, 0.25) is 0 Å². The van der Waals surface area contributed by atoms with Gasteiger partial charge in [0, 0.05) is 38.6 Å². The first-order chi connectivity index (χ1) is 15.6. The smallest absolute Gasteiger partial charge is 0.312 e. The van der Waals surface area contributed by atoms with Crippen molar-refractivity contribution < 1.29 is 18.8 Å². The molecule has 1 aliphatic rings. The fraction of sp³-hybridized carbons (Fsp3) is 0.240. The fourth-order valence-corrected chi connectivity index (χ4v) is 3.88. The molecule has 1 fully saturated rings. The molecule has 0 aliphatic carbocycles. The molecule has 1 N–H and O–H groups in total. The summed E-state index contributed by atoms with van der Waals surface area (Å²) in [5.41, 5.74) is 2.13. The average molecular weight is 431 g/mol. The molecule has 7 heteroatoms. The van der Waals surface area contributed by atoms with Crippen molar-refractivity contribution in [3.8, 4) is 0 Å². The molecule has 0 saturated carbocycles. The quantitative estimate of drug-likeness (QED) is 0.630. The van der Waals surface area contributed by atoms with E-state index in [1.165, 1.54) is 11.2 Å². The molecular formula is C25H25N3O4. The lowest BCUT2D eigenvalue weighted by Crippen LogP contribution is -2.54. The Labute approximate surface area is 186 Å². The zero-order valence-corrected chi connectivity index (χ0v) is 17.6. The van der Waals surface area contributed by atoms with Crippen molar-refractivity contribution in [3.63, 3.8) is 0 Å². The molecular weight excluding hydrogens is 406 g/mol. The van der Waals surface area contributed by atoms with Crippen LogP contribution in [0.3, 0.4) is 0 Å². The monoisotopic (exact) mass is 431 g/mol. The van der Waals surface area contributed by atoms with Crippen LogP contribution in [-0.2, 0) is 9.59 Å². The van der Waals surface area contributed by atoms with Crippen LogP contribution in [0.15, 0.2) is 83.5 Å². The molecule has 0 atom stereocenters. The van der Waals surface area contributed by atoms with Gasteiger partial charge in [0.15, 0.2) is 5.76 Å². The summed E-state index contributed by atoms with van der Waals surface area (Å²) in [5, 5.41) is 2.81. The minimum Gasteiger partial charge on any atom is -0.459 e. The number of carbonyl (C=O) groups excluding carboxylic acids is 3. The van der Waals surface area contributed by atoms with E-state index in [-0.39, 0.29) is 17.6 Å². The maximum Gasteiger partial charge on any atom is 0.312 e. The molecule has 2 aromatic carbocycles. The first kappa shape index (κ1) is 21.4. The molecule has 164 valence electrons. The Morgan fingerprint density at radius 3 is 1.88 bits per heavy atom. The van der Waals surface area contributed by atoms with E-state index in [1.54, 1.807) is 17.0 Å². The molecule has 32 heavy (non-hydrogen) atoms. The van der Waals surface area contributed by atoms with Gasteiger partial charge in [-0.1, -0.05) is 60.7 Å². The van der Waals surface area contributed by atoms with Crippen molar-refractivity contribution >= 4 is 17.7 Å². The number of nitrogens with one attached hydrogen (secondary N) is 1. The van der Waals surface area contributed by atoms with Crippen LogP contribution in [0, 0.1) is 0 Å². The molecule has 2 heterocycles. The van der Waals surface area contributed by atoms with Crippen LogP contribution >= 0.6 is 0 Å². The Morgan fingerprint density at radius 2 is 1.34 bits per heavy atom. The van der Waals surface area contributed by atoms with Crippen LogP contribution in [0.1, 0.15) is 27.6 Å². The molecule has 1 aromatic heterocycles. The highest BCUT2D eigenvalue weighted by atomic mass is 16.3. The molecule has 7 nitrogen and oxygen atoms in total. The summed E-state index contributed by atoms with van der Waals surface area (Å²) >= 11 is 0. The Bertz CT molecular complexity index is 1000. The number of hydrogen-bond acceptors (Lipinski definition) is 4. The van der Waals surface area contributed by atoms with E-state index in [2.05, 4.69) is 5.32 Å². The normalized spacial score (nSPS) is 13.8. The summed E-state index contributed by atoms with van der Waals surface area (Å²) < 4.78 is 5.15. The largest absolute Gasteiger partial charge is 0.459 e. The van der Waals surface area contributed by atoms with Gasteiger partial charge in [-0.25, -0.2) is 0 Å². The molecule has 0 bridgehead atoms. The number of piperazine rings is 1. The molecule has 0 radical (unpaired) electrons. The minimum atomic E-state index is -0.632. The van der Waals surface area contributed by atoms with E-state index in [4.69, 9.17) is 4.42 Å². The lowest BCUT2D eigenvalue weighted by atomic mass is 9.91. The Kier molecular flexibility index (Phi) is 6.65. The first-order valence-electron chi connectivity index (χ1n) is 10.6. The van der Waals surface area contributed by atoms with Crippen LogP contribution in [0.25, 0.3) is 0 Å². The van der Waals surface area contributed by atoms with E-state index >= 15 is 0 Å². The van der Waals surface area contributed by atoms with Crippen molar-refractivity contribution in [2.75, 3.05) is 32.7 Å². The Morgan fingerprint density at radius 1 is 0.781 bits per heavy atom. The molecule has 1 saturated heterocycles. The highest BCUT2D eigenvalue weighted by Crippen LogP contribution is 2.23. The third-order valence-corrected chi connectivity index (χ3v) is 5.65. The van der Waals surface area contributed by atoms with Gasteiger partial charge in [-0.15, -0.1) is 0 Å². The van der Waals surface area contributed by atoms with Crippen molar-refractivity contribution in [1.29, 1.82) is 0 Å². The van der Waals surface area contributed by atoms with Crippen molar-refractivity contribution in [2.24, 2.45) is 0 Å². The van der Waals surface area contributed by atoms with Crippen LogP contribution in [0.5, 0.6) is 0 Å². The van der Waals surface area contributed by atoms with Gasteiger partial charge in [0.1, 0.15) is 0 Å². The number of furan rings is 1. The van der Waals surface area contributed by atoms with Gasteiger partial charge in [-0.05, 0) is 23.3 Å². The van der Waals surface area contributed by atoms with E-state index in [0.717, 1.165) is 11.1 Å². The van der Waals surface area contributed by atoms with Gasteiger partial charge >= 0.3 is 11.8 Å². The number of amides is 3. The third-order valence-electron chi connectivity index (χ3n) is 5.65. The second-order valence-corrected chi connectivity index (χ2v) is 7.65. The first-order valence-corrected chi connectivity index (χ1v) is 10.6. The summed E-state index contributed by atoms with van der Waals surface area (Å²) in [6.45, 7) is 1.64. The number of hydrogen-bond donors (Lipinski definition) is 1. The van der Waals surface area contributed by atoms with E-state index in [0.29, 0.717) is 32.7 Å².